The lowest BCUT2D eigenvalue weighted by Crippen LogP contribution is -2.44. The first-order valence-electron chi connectivity index (χ1n) is 11.4. The molecule has 1 heterocycles. The molecular formula is C26H35FN2O2. The van der Waals surface area contributed by atoms with Crippen molar-refractivity contribution in [3.05, 3.63) is 71.5 Å². The second-order valence-corrected chi connectivity index (χ2v) is 8.85. The molecule has 4 nitrogen and oxygen atoms in total. The Balaban J connectivity index is 1.58. The third-order valence-corrected chi connectivity index (χ3v) is 6.54. The summed E-state index contributed by atoms with van der Waals surface area (Å²) in [5.41, 5.74) is 0.503. The number of likely N-dealkylation sites (tertiary alicyclic amines) is 1. The second kappa shape index (κ2) is 10.9. The maximum atomic E-state index is 13.5. The molecule has 168 valence electrons. The van der Waals surface area contributed by atoms with Crippen LogP contribution in [0.15, 0.2) is 54.6 Å². The first-order chi connectivity index (χ1) is 14.9. The molecule has 31 heavy (non-hydrogen) atoms. The molecule has 0 radical (unpaired) electrons. The summed E-state index contributed by atoms with van der Waals surface area (Å²) in [4.78, 5) is 15.8. The van der Waals surface area contributed by atoms with Crippen LogP contribution in [0.25, 0.3) is 0 Å². The highest BCUT2D eigenvalue weighted by Crippen LogP contribution is 2.42. The Kier molecular flexibility index (Phi) is 8.22. The van der Waals surface area contributed by atoms with E-state index >= 15 is 0 Å². The Hall–Kier alpha value is -2.24. The molecule has 5 heteroatoms. The molecular weight excluding hydrogens is 391 g/mol. The third kappa shape index (κ3) is 5.92. The zero-order chi connectivity index (χ0) is 22.3. The van der Waals surface area contributed by atoms with Gasteiger partial charge in [0, 0.05) is 20.5 Å². The summed E-state index contributed by atoms with van der Waals surface area (Å²) < 4.78 is 13.5. The van der Waals surface area contributed by atoms with Gasteiger partial charge in [-0.3, -0.25) is 4.79 Å². The molecule has 1 saturated heterocycles. The van der Waals surface area contributed by atoms with Gasteiger partial charge in [0.2, 0.25) is 5.91 Å². The number of benzene rings is 2. The molecule has 1 unspecified atom stereocenters. The van der Waals surface area contributed by atoms with Crippen LogP contribution in [0.3, 0.4) is 0 Å². The maximum Gasteiger partial charge on any atom is 0.222 e. The summed E-state index contributed by atoms with van der Waals surface area (Å²) in [5, 5.41) is 11.9. The summed E-state index contributed by atoms with van der Waals surface area (Å²) in [5.74, 6) is -0.0163. The van der Waals surface area contributed by atoms with Gasteiger partial charge in [-0.15, -0.1) is 0 Å². The van der Waals surface area contributed by atoms with E-state index in [9.17, 15) is 14.3 Å². The van der Waals surface area contributed by atoms with Crippen molar-refractivity contribution in [1.82, 2.24) is 9.80 Å². The molecule has 0 aromatic heterocycles. The molecule has 3 rings (SSSR count). The minimum Gasteiger partial charge on any atom is -0.380 e. The number of aliphatic hydroxyl groups is 1. The van der Waals surface area contributed by atoms with E-state index in [0.717, 1.165) is 62.9 Å². The number of rotatable bonds is 9. The number of unbranched alkanes of at least 4 members (excludes halogenated alkanes) is 2. The third-order valence-electron chi connectivity index (χ3n) is 6.54. The van der Waals surface area contributed by atoms with Gasteiger partial charge in [-0.25, -0.2) is 4.39 Å². The normalized spacial score (nSPS) is 17.3. The van der Waals surface area contributed by atoms with Crippen LogP contribution in [0.4, 0.5) is 4.39 Å². The minimum atomic E-state index is -1.12. The van der Waals surface area contributed by atoms with Gasteiger partial charge in [0.15, 0.2) is 0 Å². The summed E-state index contributed by atoms with van der Waals surface area (Å²) in [6, 6.07) is 16.0. The average molecular weight is 427 g/mol. The highest BCUT2D eigenvalue weighted by atomic mass is 19.1. The Morgan fingerprint density at radius 1 is 1.00 bits per heavy atom. The zero-order valence-electron chi connectivity index (χ0n) is 18.8. The fraction of sp³-hybridized carbons (Fsp3) is 0.500. The number of halogens is 1. The molecule has 1 fully saturated rings. The van der Waals surface area contributed by atoms with Gasteiger partial charge in [0.25, 0.3) is 0 Å². The first-order valence-corrected chi connectivity index (χ1v) is 11.4. The first kappa shape index (κ1) is 23.4. The van der Waals surface area contributed by atoms with Crippen molar-refractivity contribution in [2.75, 3.05) is 33.7 Å². The zero-order valence-corrected chi connectivity index (χ0v) is 18.8. The van der Waals surface area contributed by atoms with Crippen LogP contribution < -0.4 is 0 Å². The number of carbonyl (C=O) groups excluding carboxylic acids is 1. The topological polar surface area (TPSA) is 43.8 Å². The molecule has 1 atom stereocenters. The lowest BCUT2D eigenvalue weighted by molar-refractivity contribution is -0.128. The van der Waals surface area contributed by atoms with E-state index in [0.29, 0.717) is 6.42 Å². The SMILES string of the molecule is CN(C)C(=O)CCCCCN1CCC(C(O)(c2ccccc2)c2ccc(F)cc2)CC1. The van der Waals surface area contributed by atoms with E-state index in [4.69, 9.17) is 0 Å². The van der Waals surface area contributed by atoms with Gasteiger partial charge in [-0.2, -0.15) is 0 Å². The van der Waals surface area contributed by atoms with E-state index < -0.39 is 5.60 Å². The van der Waals surface area contributed by atoms with Crippen molar-refractivity contribution in [3.8, 4) is 0 Å². The van der Waals surface area contributed by atoms with Gasteiger partial charge in [0.05, 0.1) is 0 Å². The predicted molar refractivity (Wildman–Crippen MR) is 122 cm³/mol. The average Bonchev–Trinajstić information content (AvgIpc) is 2.79. The van der Waals surface area contributed by atoms with E-state index in [-0.39, 0.29) is 17.6 Å². The van der Waals surface area contributed by atoms with Gasteiger partial charge in [0.1, 0.15) is 11.4 Å². The van der Waals surface area contributed by atoms with Crippen molar-refractivity contribution in [1.29, 1.82) is 0 Å². The summed E-state index contributed by atoms with van der Waals surface area (Å²) >= 11 is 0. The molecule has 0 aliphatic carbocycles. The van der Waals surface area contributed by atoms with Gasteiger partial charge >= 0.3 is 0 Å². The molecule has 1 amide bonds. The number of hydrogen-bond acceptors (Lipinski definition) is 3. The van der Waals surface area contributed by atoms with Gasteiger partial charge in [-0.1, -0.05) is 48.9 Å². The van der Waals surface area contributed by atoms with Gasteiger partial charge in [-0.05, 0) is 74.5 Å². The second-order valence-electron chi connectivity index (χ2n) is 8.85. The maximum absolute atomic E-state index is 13.5. The van der Waals surface area contributed by atoms with Crippen molar-refractivity contribution in [3.63, 3.8) is 0 Å². The smallest absolute Gasteiger partial charge is 0.222 e. The number of amides is 1. The molecule has 0 saturated carbocycles. The Morgan fingerprint density at radius 2 is 1.61 bits per heavy atom. The van der Waals surface area contributed by atoms with Crippen LogP contribution in [-0.4, -0.2) is 54.5 Å². The molecule has 1 N–H and O–H groups in total. The van der Waals surface area contributed by atoms with Crippen LogP contribution in [0.5, 0.6) is 0 Å². The van der Waals surface area contributed by atoms with Crippen LogP contribution in [0, 0.1) is 11.7 Å². The number of hydrogen-bond donors (Lipinski definition) is 1. The molecule has 0 bridgehead atoms. The number of piperidine rings is 1. The minimum absolute atomic E-state index is 0.0781. The number of nitrogens with zero attached hydrogens (tertiary/aromatic N) is 2. The Morgan fingerprint density at radius 3 is 2.23 bits per heavy atom. The summed E-state index contributed by atoms with van der Waals surface area (Å²) in [7, 11) is 3.60. The monoisotopic (exact) mass is 426 g/mol. The fourth-order valence-corrected chi connectivity index (χ4v) is 4.62. The van der Waals surface area contributed by atoms with Gasteiger partial charge < -0.3 is 14.9 Å². The fourth-order valence-electron chi connectivity index (χ4n) is 4.62. The molecule has 1 aliphatic heterocycles. The Bertz CT molecular complexity index is 817. The van der Waals surface area contributed by atoms with Crippen molar-refractivity contribution in [2.45, 2.75) is 44.1 Å². The van der Waals surface area contributed by atoms with Crippen LogP contribution in [0.1, 0.15) is 49.7 Å². The van der Waals surface area contributed by atoms with E-state index in [1.165, 1.54) is 12.1 Å². The molecule has 1 aliphatic rings. The van der Waals surface area contributed by atoms with Crippen molar-refractivity contribution in [2.24, 2.45) is 5.92 Å². The van der Waals surface area contributed by atoms with Crippen molar-refractivity contribution >= 4 is 5.91 Å². The van der Waals surface area contributed by atoms with E-state index in [1.807, 2.05) is 30.3 Å². The van der Waals surface area contributed by atoms with Crippen LogP contribution >= 0.6 is 0 Å². The van der Waals surface area contributed by atoms with E-state index in [1.54, 1.807) is 31.1 Å². The summed E-state index contributed by atoms with van der Waals surface area (Å²) in [6.07, 6.45) is 5.49. The highest BCUT2D eigenvalue weighted by Gasteiger charge is 2.41. The van der Waals surface area contributed by atoms with Crippen LogP contribution in [-0.2, 0) is 10.4 Å². The highest BCUT2D eigenvalue weighted by molar-refractivity contribution is 5.75. The predicted octanol–water partition coefficient (Wildman–Crippen LogP) is 4.42. The lowest BCUT2D eigenvalue weighted by atomic mass is 9.72. The molecule has 2 aromatic carbocycles. The summed E-state index contributed by atoms with van der Waals surface area (Å²) in [6.45, 7) is 2.92. The largest absolute Gasteiger partial charge is 0.380 e. The molecule has 0 spiro atoms. The standard InChI is InChI=1S/C26H35FN2O2/c1-28(2)25(30)11-7-4-8-18-29-19-16-23(17-20-29)26(31,21-9-5-3-6-10-21)22-12-14-24(27)15-13-22/h3,5-6,9-10,12-15,23,31H,4,7-8,11,16-20H2,1-2H3. The van der Waals surface area contributed by atoms with Crippen LogP contribution in [0.2, 0.25) is 0 Å². The van der Waals surface area contributed by atoms with Crippen molar-refractivity contribution < 1.29 is 14.3 Å². The lowest BCUT2D eigenvalue weighted by Gasteiger charge is -2.42. The number of carbonyl (C=O) groups is 1. The van der Waals surface area contributed by atoms with E-state index in [2.05, 4.69) is 4.90 Å². The quantitative estimate of drug-likeness (QED) is 0.604. The molecule has 2 aromatic rings. The Labute approximate surface area is 185 Å².